The third-order valence-electron chi connectivity index (χ3n) is 3.94. The molecule has 0 amide bonds. The molecule has 1 aliphatic heterocycles. The maximum atomic E-state index is 5.79. The molecule has 0 saturated carbocycles. The Morgan fingerprint density at radius 2 is 2.07 bits per heavy atom. The van der Waals surface area contributed by atoms with Crippen LogP contribution in [-0.4, -0.2) is 19.5 Å². The molecule has 1 unspecified atom stereocenters. The molecule has 1 aliphatic carbocycles. The lowest BCUT2D eigenvalue weighted by atomic mass is 9.68. The third kappa shape index (κ3) is 2.11. The molecule has 15 heavy (non-hydrogen) atoms. The Hall–Kier alpha value is -0.340. The Labute approximate surface area is 92.6 Å². The van der Waals surface area contributed by atoms with E-state index in [1.807, 2.05) is 0 Å². The normalized spacial score (nSPS) is 41.7. The summed E-state index contributed by atoms with van der Waals surface area (Å²) in [5.41, 5.74) is 1.75. The number of hydrogen-bond acceptors (Lipinski definition) is 2. The second kappa shape index (κ2) is 4.26. The Bertz CT molecular complexity index is 249. The average molecular weight is 210 g/mol. The molecule has 1 atom stereocenters. The van der Waals surface area contributed by atoms with Gasteiger partial charge in [0.25, 0.3) is 0 Å². The van der Waals surface area contributed by atoms with Gasteiger partial charge in [0.05, 0.1) is 13.2 Å². The van der Waals surface area contributed by atoms with E-state index in [4.69, 9.17) is 9.47 Å². The van der Waals surface area contributed by atoms with Crippen molar-refractivity contribution < 1.29 is 9.47 Å². The minimum atomic E-state index is 0.0361. The summed E-state index contributed by atoms with van der Waals surface area (Å²) in [7, 11) is 0. The van der Waals surface area contributed by atoms with Crippen LogP contribution < -0.4 is 0 Å². The van der Waals surface area contributed by atoms with Crippen molar-refractivity contribution in [1.29, 1.82) is 0 Å². The maximum Gasteiger partial charge on any atom is 0.157 e. The second-order valence-electron chi connectivity index (χ2n) is 5.19. The lowest BCUT2D eigenvalue weighted by Crippen LogP contribution is -2.46. The molecule has 2 heteroatoms. The van der Waals surface area contributed by atoms with Crippen LogP contribution >= 0.6 is 0 Å². The van der Waals surface area contributed by atoms with Gasteiger partial charge in [0.2, 0.25) is 0 Å². The Morgan fingerprint density at radius 3 is 2.67 bits per heavy atom. The van der Waals surface area contributed by atoms with Crippen molar-refractivity contribution in [2.24, 2.45) is 11.3 Å². The van der Waals surface area contributed by atoms with Crippen molar-refractivity contribution in [3.63, 3.8) is 0 Å². The van der Waals surface area contributed by atoms with Crippen LogP contribution in [-0.2, 0) is 9.47 Å². The van der Waals surface area contributed by atoms with E-state index >= 15 is 0 Å². The molecule has 0 aromatic rings. The molecule has 2 rings (SSSR count). The van der Waals surface area contributed by atoms with Gasteiger partial charge in [-0.1, -0.05) is 25.5 Å². The number of ether oxygens (including phenoxy) is 2. The van der Waals surface area contributed by atoms with Crippen LogP contribution in [0.2, 0.25) is 0 Å². The highest BCUT2D eigenvalue weighted by molar-refractivity contribution is 5.10. The molecule has 2 nitrogen and oxygen atoms in total. The first kappa shape index (κ1) is 11.2. The van der Waals surface area contributed by atoms with E-state index in [2.05, 4.69) is 26.8 Å². The summed E-state index contributed by atoms with van der Waals surface area (Å²) in [4.78, 5) is 0. The Morgan fingerprint density at radius 1 is 1.40 bits per heavy atom. The van der Waals surface area contributed by atoms with Crippen LogP contribution in [0.1, 0.15) is 40.0 Å². The van der Waals surface area contributed by atoms with Gasteiger partial charge in [0, 0.05) is 5.41 Å². The Balaban J connectivity index is 2.05. The van der Waals surface area contributed by atoms with Gasteiger partial charge in [-0.2, -0.15) is 0 Å². The Kier molecular flexibility index (Phi) is 3.17. The molecule has 0 aromatic carbocycles. The highest BCUT2D eigenvalue weighted by atomic mass is 16.7. The van der Waals surface area contributed by atoms with E-state index in [0.717, 1.165) is 26.1 Å². The standard InChI is InChI=1S/C13H22O2/c1-4-12-14-8-13(9-15-12)7-10(2)5-6-11(13)3/h5,11-12H,4,6-9H2,1-3H3. The lowest BCUT2D eigenvalue weighted by Gasteiger charge is -2.46. The first-order valence-corrected chi connectivity index (χ1v) is 6.05. The zero-order valence-corrected chi connectivity index (χ0v) is 10.1. The third-order valence-corrected chi connectivity index (χ3v) is 3.94. The largest absolute Gasteiger partial charge is 0.352 e. The predicted molar refractivity (Wildman–Crippen MR) is 60.6 cm³/mol. The molecule has 1 saturated heterocycles. The van der Waals surface area contributed by atoms with Crippen molar-refractivity contribution in [3.05, 3.63) is 11.6 Å². The van der Waals surface area contributed by atoms with Gasteiger partial charge in [-0.05, 0) is 32.1 Å². The SMILES string of the molecule is CCC1OCC2(CO1)CC(C)=CCC2C. The lowest BCUT2D eigenvalue weighted by molar-refractivity contribution is -0.241. The van der Waals surface area contributed by atoms with Crippen molar-refractivity contribution in [2.45, 2.75) is 46.3 Å². The van der Waals surface area contributed by atoms with Crippen LogP contribution in [0.25, 0.3) is 0 Å². The second-order valence-corrected chi connectivity index (χ2v) is 5.19. The number of hydrogen-bond donors (Lipinski definition) is 0. The zero-order chi connectivity index (χ0) is 10.9. The molecular weight excluding hydrogens is 188 g/mol. The number of allylic oxidation sites excluding steroid dienone is 2. The van der Waals surface area contributed by atoms with Gasteiger partial charge in [-0.3, -0.25) is 0 Å². The van der Waals surface area contributed by atoms with Crippen LogP contribution in [0.3, 0.4) is 0 Å². The van der Waals surface area contributed by atoms with Crippen molar-refractivity contribution in [1.82, 2.24) is 0 Å². The zero-order valence-electron chi connectivity index (χ0n) is 10.1. The maximum absolute atomic E-state index is 5.79. The molecule has 1 spiro atoms. The van der Waals surface area contributed by atoms with Crippen molar-refractivity contribution >= 4 is 0 Å². The predicted octanol–water partition coefficient (Wildman–Crippen LogP) is 3.13. The minimum Gasteiger partial charge on any atom is -0.352 e. The van der Waals surface area contributed by atoms with E-state index in [0.29, 0.717) is 5.92 Å². The molecule has 0 N–H and O–H groups in total. The van der Waals surface area contributed by atoms with Gasteiger partial charge in [-0.15, -0.1) is 0 Å². The molecule has 1 heterocycles. The van der Waals surface area contributed by atoms with E-state index in [1.165, 1.54) is 12.0 Å². The summed E-state index contributed by atoms with van der Waals surface area (Å²) in [6, 6.07) is 0. The molecular formula is C13H22O2. The fourth-order valence-corrected chi connectivity index (χ4v) is 2.66. The minimum absolute atomic E-state index is 0.0361. The van der Waals surface area contributed by atoms with Gasteiger partial charge in [-0.25, -0.2) is 0 Å². The van der Waals surface area contributed by atoms with Crippen LogP contribution in [0, 0.1) is 11.3 Å². The van der Waals surface area contributed by atoms with Crippen LogP contribution in [0.15, 0.2) is 11.6 Å². The van der Waals surface area contributed by atoms with E-state index in [-0.39, 0.29) is 11.7 Å². The summed E-state index contributed by atoms with van der Waals surface area (Å²) in [5, 5.41) is 0. The monoisotopic (exact) mass is 210 g/mol. The van der Waals surface area contributed by atoms with Gasteiger partial charge < -0.3 is 9.47 Å². The molecule has 0 radical (unpaired) electrons. The van der Waals surface area contributed by atoms with E-state index in [9.17, 15) is 0 Å². The van der Waals surface area contributed by atoms with Gasteiger partial charge in [0.15, 0.2) is 6.29 Å². The first-order valence-electron chi connectivity index (χ1n) is 6.05. The van der Waals surface area contributed by atoms with E-state index in [1.54, 1.807) is 0 Å². The molecule has 86 valence electrons. The molecule has 0 bridgehead atoms. The van der Waals surface area contributed by atoms with Crippen LogP contribution in [0.4, 0.5) is 0 Å². The topological polar surface area (TPSA) is 18.5 Å². The van der Waals surface area contributed by atoms with Crippen molar-refractivity contribution in [3.8, 4) is 0 Å². The van der Waals surface area contributed by atoms with Crippen molar-refractivity contribution in [2.75, 3.05) is 13.2 Å². The summed E-state index contributed by atoms with van der Waals surface area (Å²) < 4.78 is 11.6. The van der Waals surface area contributed by atoms with Gasteiger partial charge >= 0.3 is 0 Å². The fraction of sp³-hybridized carbons (Fsp3) is 0.846. The average Bonchev–Trinajstić information content (AvgIpc) is 2.25. The molecule has 2 aliphatic rings. The molecule has 0 aromatic heterocycles. The highest BCUT2D eigenvalue weighted by Gasteiger charge is 2.42. The molecule has 1 fully saturated rings. The summed E-state index contributed by atoms with van der Waals surface area (Å²) in [6.45, 7) is 8.40. The summed E-state index contributed by atoms with van der Waals surface area (Å²) >= 11 is 0. The summed E-state index contributed by atoms with van der Waals surface area (Å²) in [6.07, 6.45) is 5.68. The smallest absolute Gasteiger partial charge is 0.157 e. The quantitative estimate of drug-likeness (QED) is 0.619. The highest BCUT2D eigenvalue weighted by Crippen LogP contribution is 2.43. The first-order chi connectivity index (χ1) is 7.16. The fourth-order valence-electron chi connectivity index (χ4n) is 2.66. The van der Waals surface area contributed by atoms with Crippen LogP contribution in [0.5, 0.6) is 0 Å². The van der Waals surface area contributed by atoms with Gasteiger partial charge in [0.1, 0.15) is 0 Å². The number of rotatable bonds is 1. The summed E-state index contributed by atoms with van der Waals surface area (Å²) in [5.74, 6) is 0.680. The van der Waals surface area contributed by atoms with E-state index < -0.39 is 0 Å².